The third-order valence-electron chi connectivity index (χ3n) is 4.56. The van der Waals surface area contributed by atoms with Crippen molar-refractivity contribution in [2.45, 2.75) is 26.7 Å². The number of carbonyl (C=O) groups excluding carboxylic acids is 1. The smallest absolute Gasteiger partial charge is 0.236 e. The summed E-state index contributed by atoms with van der Waals surface area (Å²) in [6.07, 6.45) is 1.00. The second kappa shape index (κ2) is 8.71. The minimum atomic E-state index is -0.0475. The van der Waals surface area contributed by atoms with E-state index in [0.717, 1.165) is 27.6 Å². The molecule has 0 spiro atoms. The Morgan fingerprint density at radius 1 is 1.10 bits per heavy atom. The van der Waals surface area contributed by atoms with E-state index in [0.29, 0.717) is 23.9 Å². The summed E-state index contributed by atoms with van der Waals surface area (Å²) in [5.41, 5.74) is 4.00. The van der Waals surface area contributed by atoms with Gasteiger partial charge < -0.3 is 9.73 Å². The van der Waals surface area contributed by atoms with Crippen molar-refractivity contribution in [3.05, 3.63) is 69.2 Å². The number of benzene rings is 1. The van der Waals surface area contributed by atoms with Crippen LogP contribution in [-0.2, 0) is 17.6 Å². The zero-order valence-corrected chi connectivity index (χ0v) is 17.9. The highest BCUT2D eigenvalue weighted by atomic mass is 32.1. The number of nitrogens with zero attached hydrogens (tertiary/aromatic N) is 2. The molecule has 0 atom stereocenters. The Bertz CT molecular complexity index is 1100. The lowest BCUT2D eigenvalue weighted by molar-refractivity contribution is -0.120. The monoisotopic (exact) mass is 423 g/mol. The lowest BCUT2D eigenvalue weighted by atomic mass is 10.1. The molecule has 29 heavy (non-hydrogen) atoms. The molecule has 0 bridgehead atoms. The van der Waals surface area contributed by atoms with Gasteiger partial charge in [-0.05, 0) is 37.3 Å². The summed E-state index contributed by atoms with van der Waals surface area (Å²) in [4.78, 5) is 22.2. The van der Waals surface area contributed by atoms with Gasteiger partial charge in [0, 0.05) is 17.5 Å². The molecular formula is C22H21N3O2S2. The van der Waals surface area contributed by atoms with Crippen LogP contribution < -0.4 is 5.32 Å². The SMILES string of the molecule is Cc1nc(-c2ccc(CCNC(=O)Cc3nc(-c4cccs4)oc3C)cc2)cs1. The van der Waals surface area contributed by atoms with E-state index in [1.54, 1.807) is 22.7 Å². The Labute approximate surface area is 177 Å². The van der Waals surface area contributed by atoms with Crippen LogP contribution in [0, 0.1) is 13.8 Å². The predicted octanol–water partition coefficient (Wildman–Crippen LogP) is 5.04. The van der Waals surface area contributed by atoms with Crippen molar-refractivity contribution in [1.82, 2.24) is 15.3 Å². The van der Waals surface area contributed by atoms with Crippen LogP contribution in [0.1, 0.15) is 22.0 Å². The van der Waals surface area contributed by atoms with Crippen LogP contribution in [0.5, 0.6) is 0 Å². The van der Waals surface area contributed by atoms with E-state index in [1.807, 2.05) is 31.4 Å². The van der Waals surface area contributed by atoms with Gasteiger partial charge in [-0.25, -0.2) is 9.97 Å². The zero-order chi connectivity index (χ0) is 20.2. The van der Waals surface area contributed by atoms with Gasteiger partial charge in [0.1, 0.15) is 5.76 Å². The molecule has 0 fully saturated rings. The minimum absolute atomic E-state index is 0.0475. The first kappa shape index (κ1) is 19.5. The fraction of sp³-hybridized carbons (Fsp3) is 0.227. The number of thiophene rings is 1. The van der Waals surface area contributed by atoms with E-state index in [4.69, 9.17) is 4.42 Å². The van der Waals surface area contributed by atoms with Gasteiger partial charge in [-0.15, -0.1) is 22.7 Å². The Morgan fingerprint density at radius 2 is 1.93 bits per heavy atom. The Kier molecular flexibility index (Phi) is 5.87. The van der Waals surface area contributed by atoms with Crippen LogP contribution >= 0.6 is 22.7 Å². The fourth-order valence-electron chi connectivity index (χ4n) is 3.00. The molecule has 0 aliphatic carbocycles. The summed E-state index contributed by atoms with van der Waals surface area (Å²) in [5.74, 6) is 1.22. The molecule has 148 valence electrons. The molecule has 0 radical (unpaired) electrons. The van der Waals surface area contributed by atoms with Gasteiger partial charge in [-0.1, -0.05) is 30.3 Å². The van der Waals surface area contributed by atoms with Gasteiger partial charge in [0.15, 0.2) is 0 Å². The molecule has 0 unspecified atom stereocenters. The maximum absolute atomic E-state index is 12.3. The largest absolute Gasteiger partial charge is 0.440 e. The van der Waals surface area contributed by atoms with E-state index in [2.05, 4.69) is 44.9 Å². The standard InChI is InChI=1S/C22H21N3O2S2/c1-14-18(25-22(27-14)20-4-3-11-28-20)12-21(26)23-10-9-16-5-7-17(8-6-16)19-13-29-15(2)24-19/h3-8,11,13H,9-10,12H2,1-2H3,(H,23,26). The molecule has 3 heterocycles. The highest BCUT2D eigenvalue weighted by molar-refractivity contribution is 7.13. The van der Waals surface area contributed by atoms with Crippen molar-refractivity contribution in [1.29, 1.82) is 0 Å². The fourth-order valence-corrected chi connectivity index (χ4v) is 4.27. The molecule has 3 aromatic heterocycles. The second-order valence-electron chi connectivity index (χ2n) is 6.72. The number of amides is 1. The third-order valence-corrected chi connectivity index (χ3v) is 6.19. The van der Waals surface area contributed by atoms with Gasteiger partial charge in [0.2, 0.25) is 11.8 Å². The number of nitrogens with one attached hydrogen (secondary N) is 1. The normalized spacial score (nSPS) is 11.0. The van der Waals surface area contributed by atoms with Crippen molar-refractivity contribution >= 4 is 28.6 Å². The molecule has 1 N–H and O–H groups in total. The summed E-state index contributed by atoms with van der Waals surface area (Å²) >= 11 is 3.22. The van der Waals surface area contributed by atoms with Crippen molar-refractivity contribution in [2.75, 3.05) is 6.54 Å². The summed E-state index contributed by atoms with van der Waals surface area (Å²) in [6, 6.07) is 12.3. The summed E-state index contributed by atoms with van der Waals surface area (Å²) in [7, 11) is 0. The molecule has 4 aromatic rings. The van der Waals surface area contributed by atoms with Gasteiger partial charge in [-0.2, -0.15) is 0 Å². The first-order valence-electron chi connectivity index (χ1n) is 9.37. The van der Waals surface area contributed by atoms with Crippen molar-refractivity contribution in [3.8, 4) is 22.0 Å². The molecule has 5 nitrogen and oxygen atoms in total. The van der Waals surface area contributed by atoms with Crippen molar-refractivity contribution in [2.24, 2.45) is 0 Å². The van der Waals surface area contributed by atoms with E-state index < -0.39 is 0 Å². The Morgan fingerprint density at radius 3 is 2.62 bits per heavy atom. The summed E-state index contributed by atoms with van der Waals surface area (Å²) in [5, 5.41) is 8.09. The predicted molar refractivity (Wildman–Crippen MR) is 117 cm³/mol. The highest BCUT2D eigenvalue weighted by Crippen LogP contribution is 2.26. The molecule has 0 saturated carbocycles. The van der Waals surface area contributed by atoms with E-state index in [9.17, 15) is 4.79 Å². The summed E-state index contributed by atoms with van der Waals surface area (Å²) in [6.45, 7) is 4.44. The molecule has 0 saturated heterocycles. The first-order valence-corrected chi connectivity index (χ1v) is 11.1. The number of oxazole rings is 1. The van der Waals surface area contributed by atoms with Gasteiger partial charge in [0.25, 0.3) is 0 Å². The maximum atomic E-state index is 12.3. The van der Waals surface area contributed by atoms with Crippen molar-refractivity contribution in [3.63, 3.8) is 0 Å². The topological polar surface area (TPSA) is 68.0 Å². The number of aryl methyl sites for hydroxylation is 2. The molecule has 0 aliphatic heterocycles. The molecule has 1 aromatic carbocycles. The average molecular weight is 424 g/mol. The van der Waals surface area contributed by atoms with Crippen LogP contribution in [0.4, 0.5) is 0 Å². The van der Waals surface area contributed by atoms with Gasteiger partial charge >= 0.3 is 0 Å². The molecule has 1 amide bonds. The minimum Gasteiger partial charge on any atom is -0.440 e. The number of hydrogen-bond donors (Lipinski definition) is 1. The molecule has 7 heteroatoms. The molecule has 4 rings (SSSR count). The van der Waals surface area contributed by atoms with Gasteiger partial charge in [-0.3, -0.25) is 4.79 Å². The van der Waals surface area contributed by atoms with Crippen LogP contribution in [0.15, 0.2) is 51.6 Å². The maximum Gasteiger partial charge on any atom is 0.236 e. The number of hydrogen-bond acceptors (Lipinski definition) is 6. The summed E-state index contributed by atoms with van der Waals surface area (Å²) < 4.78 is 5.70. The van der Waals surface area contributed by atoms with Gasteiger partial charge in [0.05, 0.1) is 27.7 Å². The zero-order valence-electron chi connectivity index (χ0n) is 16.3. The lowest BCUT2D eigenvalue weighted by Gasteiger charge is -2.05. The van der Waals surface area contributed by atoms with Crippen LogP contribution in [0.25, 0.3) is 22.0 Å². The molecular weight excluding hydrogens is 402 g/mol. The third kappa shape index (κ3) is 4.81. The quantitative estimate of drug-likeness (QED) is 0.452. The van der Waals surface area contributed by atoms with E-state index in [-0.39, 0.29) is 12.3 Å². The van der Waals surface area contributed by atoms with Crippen LogP contribution in [0.2, 0.25) is 0 Å². The van der Waals surface area contributed by atoms with Crippen LogP contribution in [0.3, 0.4) is 0 Å². The van der Waals surface area contributed by atoms with E-state index in [1.165, 1.54) is 5.56 Å². The highest BCUT2D eigenvalue weighted by Gasteiger charge is 2.15. The first-order chi connectivity index (χ1) is 14.1. The van der Waals surface area contributed by atoms with Crippen LogP contribution in [-0.4, -0.2) is 22.4 Å². The Balaban J connectivity index is 1.28. The van der Waals surface area contributed by atoms with Crippen molar-refractivity contribution < 1.29 is 9.21 Å². The molecule has 0 aliphatic rings. The average Bonchev–Trinajstić information content (AvgIpc) is 3.45. The second-order valence-corrected chi connectivity index (χ2v) is 8.73. The number of aromatic nitrogens is 2. The number of thiazole rings is 1. The number of carbonyl (C=O) groups is 1. The number of rotatable bonds is 7. The van der Waals surface area contributed by atoms with E-state index >= 15 is 0 Å². The Hall–Kier alpha value is -2.77. The lowest BCUT2D eigenvalue weighted by Crippen LogP contribution is -2.27.